The minimum absolute atomic E-state index is 0.116. The number of fused-ring (bicyclic) bond motifs is 1. The highest BCUT2D eigenvalue weighted by Crippen LogP contribution is 2.30. The molecule has 0 bridgehead atoms. The summed E-state index contributed by atoms with van der Waals surface area (Å²) in [4.78, 5) is 30.5. The quantitative estimate of drug-likeness (QED) is 0.319. The Balaban J connectivity index is 1.84. The SMILES string of the molecule is Cc1cccn2c(=O)c(/C=C(/C#N)C(=O)Nc3ccc(F)cc3)c(Oc3ccccc3Cl)nc12. The van der Waals surface area contributed by atoms with Gasteiger partial charge in [-0.2, -0.15) is 10.2 Å². The van der Waals surface area contributed by atoms with Crippen LogP contribution in [-0.4, -0.2) is 15.3 Å². The van der Waals surface area contributed by atoms with Gasteiger partial charge in [-0.1, -0.05) is 29.8 Å². The average molecular weight is 475 g/mol. The molecule has 0 saturated carbocycles. The van der Waals surface area contributed by atoms with Gasteiger partial charge in [-0.25, -0.2) is 4.39 Å². The van der Waals surface area contributed by atoms with Gasteiger partial charge in [-0.05, 0) is 61.0 Å². The lowest BCUT2D eigenvalue weighted by atomic mass is 10.1. The average Bonchev–Trinajstić information content (AvgIpc) is 2.82. The number of anilines is 1. The fraction of sp³-hybridized carbons (Fsp3) is 0.0400. The lowest BCUT2D eigenvalue weighted by Crippen LogP contribution is -2.20. The highest BCUT2D eigenvalue weighted by atomic mass is 35.5. The minimum atomic E-state index is -0.786. The summed E-state index contributed by atoms with van der Waals surface area (Å²) < 4.78 is 20.3. The van der Waals surface area contributed by atoms with E-state index in [2.05, 4.69) is 10.3 Å². The van der Waals surface area contributed by atoms with E-state index in [4.69, 9.17) is 16.3 Å². The number of halogens is 2. The number of aryl methyl sites for hydroxylation is 1. The van der Waals surface area contributed by atoms with E-state index in [1.807, 2.05) is 0 Å². The maximum atomic E-state index is 13.3. The van der Waals surface area contributed by atoms with Crippen LogP contribution in [0.2, 0.25) is 5.02 Å². The van der Waals surface area contributed by atoms with Crippen molar-refractivity contribution in [2.75, 3.05) is 5.32 Å². The van der Waals surface area contributed by atoms with Crippen molar-refractivity contribution < 1.29 is 13.9 Å². The number of pyridine rings is 1. The third kappa shape index (κ3) is 4.65. The second kappa shape index (κ2) is 9.57. The van der Waals surface area contributed by atoms with E-state index < -0.39 is 17.3 Å². The molecule has 9 heteroatoms. The number of hydrogen-bond acceptors (Lipinski definition) is 5. The van der Waals surface area contributed by atoms with Crippen LogP contribution in [0.25, 0.3) is 11.7 Å². The van der Waals surface area contributed by atoms with Crippen molar-refractivity contribution in [2.24, 2.45) is 0 Å². The Morgan fingerprint density at radius 1 is 1.18 bits per heavy atom. The van der Waals surface area contributed by atoms with Gasteiger partial charge in [0.1, 0.15) is 34.4 Å². The summed E-state index contributed by atoms with van der Waals surface area (Å²) in [6.45, 7) is 1.79. The molecule has 1 amide bonds. The molecule has 0 radical (unpaired) electrons. The van der Waals surface area contributed by atoms with Crippen LogP contribution in [-0.2, 0) is 4.79 Å². The van der Waals surface area contributed by atoms with Gasteiger partial charge in [0.15, 0.2) is 0 Å². The zero-order valence-corrected chi connectivity index (χ0v) is 18.5. The highest BCUT2D eigenvalue weighted by Gasteiger charge is 2.19. The summed E-state index contributed by atoms with van der Waals surface area (Å²) in [5.74, 6) is -1.12. The van der Waals surface area contributed by atoms with E-state index in [0.29, 0.717) is 16.2 Å². The smallest absolute Gasteiger partial charge is 0.269 e. The van der Waals surface area contributed by atoms with Gasteiger partial charge in [0.25, 0.3) is 11.5 Å². The van der Waals surface area contributed by atoms with Crippen molar-refractivity contribution in [3.63, 3.8) is 0 Å². The number of benzene rings is 2. The van der Waals surface area contributed by atoms with Gasteiger partial charge >= 0.3 is 0 Å². The number of nitrogens with one attached hydrogen (secondary N) is 1. The molecule has 0 aliphatic rings. The van der Waals surface area contributed by atoms with Gasteiger partial charge < -0.3 is 10.1 Å². The normalized spacial score (nSPS) is 11.2. The largest absolute Gasteiger partial charge is 0.437 e. The second-order valence-electron chi connectivity index (χ2n) is 7.18. The molecule has 2 heterocycles. The monoisotopic (exact) mass is 474 g/mol. The molecule has 0 saturated heterocycles. The topological polar surface area (TPSA) is 96.5 Å². The predicted molar refractivity (Wildman–Crippen MR) is 126 cm³/mol. The van der Waals surface area contributed by atoms with Crippen molar-refractivity contribution in [3.05, 3.63) is 105 Å². The van der Waals surface area contributed by atoms with Crippen LogP contribution < -0.4 is 15.6 Å². The van der Waals surface area contributed by atoms with E-state index in [0.717, 1.165) is 6.08 Å². The van der Waals surface area contributed by atoms with Gasteiger partial charge in [-0.15, -0.1) is 0 Å². The highest BCUT2D eigenvalue weighted by molar-refractivity contribution is 6.32. The van der Waals surface area contributed by atoms with Crippen LogP contribution in [0.5, 0.6) is 11.6 Å². The molecule has 0 fully saturated rings. The fourth-order valence-corrected chi connectivity index (χ4v) is 3.32. The van der Waals surface area contributed by atoms with E-state index in [1.165, 1.54) is 34.9 Å². The van der Waals surface area contributed by atoms with Crippen molar-refractivity contribution in [2.45, 2.75) is 6.92 Å². The number of para-hydroxylation sites is 1. The van der Waals surface area contributed by atoms with Gasteiger partial charge in [0.05, 0.1) is 5.02 Å². The number of carbonyl (C=O) groups is 1. The number of carbonyl (C=O) groups excluding carboxylic acids is 1. The summed E-state index contributed by atoms with van der Waals surface area (Å²) in [7, 11) is 0. The number of ether oxygens (including phenoxy) is 1. The number of amides is 1. The summed E-state index contributed by atoms with van der Waals surface area (Å²) in [5, 5.41) is 12.4. The second-order valence-corrected chi connectivity index (χ2v) is 7.59. The standard InChI is InChI=1S/C25H16ClFN4O3/c1-15-5-4-12-31-22(15)30-24(34-21-7-3-2-6-20(21)26)19(25(31)33)13-16(14-28)23(32)29-18-10-8-17(27)9-11-18/h2-13H,1H3,(H,29,32)/b16-13-. The molecule has 2 aromatic carbocycles. The Morgan fingerprint density at radius 2 is 1.91 bits per heavy atom. The number of aromatic nitrogens is 2. The Labute approximate surface area is 198 Å². The summed E-state index contributed by atoms with van der Waals surface area (Å²) in [6.07, 6.45) is 2.63. The molecular formula is C25H16ClFN4O3. The molecule has 168 valence electrons. The van der Waals surface area contributed by atoms with E-state index in [-0.39, 0.29) is 28.5 Å². The van der Waals surface area contributed by atoms with Crippen LogP contribution in [0.4, 0.5) is 10.1 Å². The van der Waals surface area contributed by atoms with E-state index in [9.17, 15) is 19.2 Å². The maximum absolute atomic E-state index is 13.3. The lowest BCUT2D eigenvalue weighted by molar-refractivity contribution is -0.112. The molecule has 2 aromatic heterocycles. The van der Waals surface area contributed by atoms with Crippen LogP contribution in [0.1, 0.15) is 11.1 Å². The lowest BCUT2D eigenvalue weighted by Gasteiger charge is -2.12. The number of hydrogen-bond donors (Lipinski definition) is 1. The molecule has 0 unspecified atom stereocenters. The van der Waals surface area contributed by atoms with Crippen LogP contribution >= 0.6 is 11.6 Å². The molecule has 4 aromatic rings. The molecular weight excluding hydrogens is 459 g/mol. The summed E-state index contributed by atoms with van der Waals surface area (Å²) >= 11 is 6.21. The van der Waals surface area contributed by atoms with Crippen LogP contribution in [0.3, 0.4) is 0 Å². The predicted octanol–water partition coefficient (Wildman–Crippen LogP) is 5.13. The molecule has 7 nitrogen and oxygen atoms in total. The summed E-state index contributed by atoms with van der Waals surface area (Å²) in [5.41, 5.74) is 0.311. The van der Waals surface area contributed by atoms with Gasteiger partial charge in [0, 0.05) is 11.9 Å². The van der Waals surface area contributed by atoms with Crippen LogP contribution in [0.15, 0.2) is 77.2 Å². The molecule has 0 aliphatic carbocycles. The molecule has 4 rings (SSSR count). The first-order valence-electron chi connectivity index (χ1n) is 10.0. The van der Waals surface area contributed by atoms with E-state index in [1.54, 1.807) is 49.4 Å². The van der Waals surface area contributed by atoms with Gasteiger partial charge in [-0.3, -0.25) is 14.0 Å². The number of rotatable bonds is 5. The number of nitriles is 1. The first-order chi connectivity index (χ1) is 16.4. The van der Waals surface area contributed by atoms with E-state index >= 15 is 0 Å². The first kappa shape index (κ1) is 22.7. The zero-order valence-electron chi connectivity index (χ0n) is 17.8. The Kier molecular flexibility index (Phi) is 6.39. The first-order valence-corrected chi connectivity index (χ1v) is 10.4. The third-order valence-corrected chi connectivity index (χ3v) is 5.16. The molecule has 1 N–H and O–H groups in total. The van der Waals surface area contributed by atoms with Gasteiger partial charge in [0.2, 0.25) is 5.88 Å². The Morgan fingerprint density at radius 3 is 2.62 bits per heavy atom. The Hall–Kier alpha value is -4.48. The molecule has 0 spiro atoms. The van der Waals surface area contributed by atoms with Crippen molar-refractivity contribution in [3.8, 4) is 17.7 Å². The Bertz CT molecular complexity index is 1540. The third-order valence-electron chi connectivity index (χ3n) is 4.85. The van der Waals surface area contributed by atoms with Crippen molar-refractivity contribution >= 4 is 34.9 Å². The number of nitrogens with zero attached hydrogens (tertiary/aromatic N) is 3. The molecule has 34 heavy (non-hydrogen) atoms. The van der Waals surface area contributed by atoms with Crippen molar-refractivity contribution in [1.29, 1.82) is 5.26 Å². The zero-order chi connectivity index (χ0) is 24.2. The fourth-order valence-electron chi connectivity index (χ4n) is 3.15. The summed E-state index contributed by atoms with van der Waals surface area (Å²) in [6, 6.07) is 16.9. The minimum Gasteiger partial charge on any atom is -0.437 e. The molecule has 0 aliphatic heterocycles. The van der Waals surface area contributed by atoms with Crippen molar-refractivity contribution in [1.82, 2.24) is 9.38 Å². The molecule has 0 atom stereocenters. The maximum Gasteiger partial charge on any atom is 0.269 e. The van der Waals surface area contributed by atoms with Crippen LogP contribution in [0, 0.1) is 24.1 Å².